The molecule has 0 saturated carbocycles. The van der Waals surface area contributed by atoms with Crippen LogP contribution in [-0.4, -0.2) is 22.0 Å². The Bertz CT molecular complexity index is 569. The number of carbonyl (C=O) groups excluding carboxylic acids is 1. The molecule has 2 heterocycles. The number of anilines is 1. The van der Waals surface area contributed by atoms with Crippen LogP contribution >= 0.6 is 0 Å². The zero-order chi connectivity index (χ0) is 14.5. The van der Waals surface area contributed by atoms with Crippen LogP contribution in [0.5, 0.6) is 0 Å². The Kier molecular flexibility index (Phi) is 4.37. The van der Waals surface area contributed by atoms with Gasteiger partial charge in [0.25, 0.3) is 5.91 Å². The number of furan rings is 1. The molecule has 20 heavy (non-hydrogen) atoms. The third kappa shape index (κ3) is 3.58. The van der Waals surface area contributed by atoms with Gasteiger partial charge in [0.15, 0.2) is 0 Å². The molecule has 0 spiro atoms. The number of aromatic nitrogens is 1. The van der Waals surface area contributed by atoms with Crippen molar-refractivity contribution in [3.05, 3.63) is 48.2 Å². The van der Waals surface area contributed by atoms with Crippen molar-refractivity contribution in [3.63, 3.8) is 0 Å². The van der Waals surface area contributed by atoms with E-state index in [9.17, 15) is 9.90 Å². The third-order valence-corrected chi connectivity index (χ3v) is 2.87. The van der Waals surface area contributed by atoms with Crippen LogP contribution in [0.25, 0.3) is 0 Å². The monoisotopic (exact) mass is 275 g/mol. The fourth-order valence-electron chi connectivity index (χ4n) is 1.93. The number of rotatable bonds is 6. The van der Waals surface area contributed by atoms with Gasteiger partial charge in [0.05, 0.1) is 6.26 Å². The van der Waals surface area contributed by atoms with Crippen molar-refractivity contribution < 1.29 is 14.3 Å². The van der Waals surface area contributed by atoms with E-state index in [2.05, 4.69) is 10.3 Å². The van der Waals surface area contributed by atoms with E-state index in [0.29, 0.717) is 12.2 Å². The number of nitrogens with zero attached hydrogens (tertiary/aromatic N) is 1. The first-order valence-corrected chi connectivity index (χ1v) is 6.30. The molecule has 2 atom stereocenters. The van der Waals surface area contributed by atoms with E-state index in [1.807, 2.05) is 6.92 Å². The molecule has 6 nitrogen and oxygen atoms in total. The molecule has 0 aliphatic heterocycles. The first-order valence-electron chi connectivity index (χ1n) is 6.30. The highest BCUT2D eigenvalue weighted by Crippen LogP contribution is 2.20. The van der Waals surface area contributed by atoms with Crippen molar-refractivity contribution in [1.82, 2.24) is 4.98 Å². The summed E-state index contributed by atoms with van der Waals surface area (Å²) in [6, 6.07) is 6.77. The minimum Gasteiger partial charge on any atom is -0.467 e. The maximum Gasteiger partial charge on any atom is 0.267 e. The fraction of sp³-hybridized carbons (Fsp3) is 0.286. The number of hydrogen-bond donors (Lipinski definition) is 3. The maximum absolute atomic E-state index is 11.1. The van der Waals surface area contributed by atoms with Crippen LogP contribution in [0.15, 0.2) is 41.1 Å². The standard InChI is InChI=1S/C14H17N3O3/c1-9(7-12(18)13-3-2-6-20-13)17-10-4-5-16-11(8-10)14(15)19/h2-6,8-9,12,18H,7H2,1H3,(H2,15,19)(H,16,17)/t9-,12-/m1/s1. The Hall–Kier alpha value is -2.34. The van der Waals surface area contributed by atoms with Crippen LogP contribution in [0.4, 0.5) is 5.69 Å². The molecular formula is C14H17N3O3. The summed E-state index contributed by atoms with van der Waals surface area (Å²) in [5.41, 5.74) is 6.11. The van der Waals surface area contributed by atoms with E-state index >= 15 is 0 Å². The zero-order valence-corrected chi connectivity index (χ0v) is 11.1. The number of aliphatic hydroxyl groups is 1. The Morgan fingerprint density at radius 3 is 3.00 bits per heavy atom. The topological polar surface area (TPSA) is 101 Å². The lowest BCUT2D eigenvalue weighted by molar-refractivity contribution is 0.0995. The molecule has 0 aliphatic carbocycles. The minimum atomic E-state index is -0.676. The number of nitrogens with two attached hydrogens (primary N) is 1. The normalized spacial score (nSPS) is 13.7. The number of hydrogen-bond acceptors (Lipinski definition) is 5. The first kappa shape index (κ1) is 14.1. The summed E-state index contributed by atoms with van der Waals surface area (Å²) in [4.78, 5) is 14.9. The summed E-state index contributed by atoms with van der Waals surface area (Å²) in [5, 5.41) is 13.2. The highest BCUT2D eigenvalue weighted by molar-refractivity contribution is 5.91. The Morgan fingerprint density at radius 1 is 1.55 bits per heavy atom. The molecule has 106 valence electrons. The highest BCUT2D eigenvalue weighted by Gasteiger charge is 2.15. The number of amides is 1. The lowest BCUT2D eigenvalue weighted by Gasteiger charge is -2.18. The number of aliphatic hydroxyl groups excluding tert-OH is 1. The molecule has 0 radical (unpaired) electrons. The van der Waals surface area contributed by atoms with E-state index in [-0.39, 0.29) is 11.7 Å². The molecule has 2 rings (SSSR count). The van der Waals surface area contributed by atoms with Gasteiger partial charge in [-0.15, -0.1) is 0 Å². The van der Waals surface area contributed by atoms with Gasteiger partial charge in [-0.25, -0.2) is 0 Å². The summed E-state index contributed by atoms with van der Waals surface area (Å²) in [7, 11) is 0. The summed E-state index contributed by atoms with van der Waals surface area (Å²) < 4.78 is 5.15. The van der Waals surface area contributed by atoms with Gasteiger partial charge in [-0.1, -0.05) is 0 Å². The molecule has 4 N–H and O–H groups in total. The van der Waals surface area contributed by atoms with Gasteiger partial charge in [0.1, 0.15) is 17.6 Å². The molecule has 0 unspecified atom stereocenters. The molecule has 2 aromatic heterocycles. The Balaban J connectivity index is 1.96. The van der Waals surface area contributed by atoms with Gasteiger partial charge in [0, 0.05) is 24.3 Å². The van der Waals surface area contributed by atoms with Crippen LogP contribution in [0.1, 0.15) is 35.7 Å². The second-order valence-electron chi connectivity index (χ2n) is 4.61. The average Bonchev–Trinajstić information content (AvgIpc) is 2.92. The van der Waals surface area contributed by atoms with Crippen molar-refractivity contribution >= 4 is 11.6 Å². The molecule has 0 fully saturated rings. The lowest BCUT2D eigenvalue weighted by atomic mass is 10.1. The van der Waals surface area contributed by atoms with E-state index in [0.717, 1.165) is 5.69 Å². The Morgan fingerprint density at radius 2 is 2.35 bits per heavy atom. The van der Waals surface area contributed by atoms with E-state index < -0.39 is 12.0 Å². The van der Waals surface area contributed by atoms with Gasteiger partial charge in [-0.05, 0) is 31.2 Å². The summed E-state index contributed by atoms with van der Waals surface area (Å²) in [5.74, 6) is -0.0388. The molecule has 1 amide bonds. The van der Waals surface area contributed by atoms with Crippen LogP contribution < -0.4 is 11.1 Å². The molecule has 6 heteroatoms. The molecule has 0 aromatic carbocycles. The molecule has 0 bridgehead atoms. The molecular weight excluding hydrogens is 258 g/mol. The van der Waals surface area contributed by atoms with Crippen LogP contribution in [0, 0.1) is 0 Å². The molecule has 0 saturated heterocycles. The van der Waals surface area contributed by atoms with Crippen molar-refractivity contribution in [2.75, 3.05) is 5.32 Å². The van der Waals surface area contributed by atoms with Crippen molar-refractivity contribution in [3.8, 4) is 0 Å². The van der Waals surface area contributed by atoms with Crippen molar-refractivity contribution in [1.29, 1.82) is 0 Å². The number of carbonyl (C=O) groups is 1. The van der Waals surface area contributed by atoms with Gasteiger partial charge in [-0.2, -0.15) is 0 Å². The summed E-state index contributed by atoms with van der Waals surface area (Å²) in [6.07, 6.45) is 2.84. The maximum atomic E-state index is 11.1. The number of nitrogens with one attached hydrogen (secondary N) is 1. The predicted molar refractivity (Wildman–Crippen MR) is 74.1 cm³/mol. The van der Waals surface area contributed by atoms with E-state index in [1.165, 1.54) is 12.5 Å². The summed E-state index contributed by atoms with van der Waals surface area (Å²) >= 11 is 0. The molecule has 0 aliphatic rings. The zero-order valence-electron chi connectivity index (χ0n) is 11.1. The summed E-state index contributed by atoms with van der Waals surface area (Å²) in [6.45, 7) is 1.93. The first-order chi connectivity index (χ1) is 9.56. The van der Waals surface area contributed by atoms with Gasteiger partial charge < -0.3 is 20.6 Å². The van der Waals surface area contributed by atoms with Gasteiger partial charge in [0.2, 0.25) is 0 Å². The number of pyridine rings is 1. The van der Waals surface area contributed by atoms with Crippen molar-refractivity contribution in [2.45, 2.75) is 25.5 Å². The number of primary amides is 1. The second-order valence-corrected chi connectivity index (χ2v) is 4.61. The lowest BCUT2D eigenvalue weighted by Crippen LogP contribution is -2.19. The Labute approximate surface area is 116 Å². The smallest absolute Gasteiger partial charge is 0.267 e. The van der Waals surface area contributed by atoms with Crippen LogP contribution in [0.2, 0.25) is 0 Å². The quantitative estimate of drug-likeness (QED) is 0.744. The fourth-order valence-corrected chi connectivity index (χ4v) is 1.93. The molecule has 2 aromatic rings. The van der Waals surface area contributed by atoms with E-state index in [1.54, 1.807) is 24.3 Å². The minimum absolute atomic E-state index is 0.0155. The van der Waals surface area contributed by atoms with Crippen LogP contribution in [-0.2, 0) is 0 Å². The highest BCUT2D eigenvalue weighted by atomic mass is 16.4. The second kappa shape index (κ2) is 6.21. The SMILES string of the molecule is C[C@H](C[C@@H](O)c1ccco1)Nc1ccnc(C(N)=O)c1. The van der Waals surface area contributed by atoms with Gasteiger partial charge in [-0.3, -0.25) is 9.78 Å². The largest absolute Gasteiger partial charge is 0.467 e. The third-order valence-electron chi connectivity index (χ3n) is 2.87. The van der Waals surface area contributed by atoms with Crippen molar-refractivity contribution in [2.24, 2.45) is 5.73 Å². The predicted octanol–water partition coefficient (Wildman–Crippen LogP) is 1.70. The van der Waals surface area contributed by atoms with Gasteiger partial charge >= 0.3 is 0 Å². The average molecular weight is 275 g/mol. The van der Waals surface area contributed by atoms with Crippen LogP contribution in [0.3, 0.4) is 0 Å². The van der Waals surface area contributed by atoms with E-state index in [4.69, 9.17) is 10.2 Å².